The third kappa shape index (κ3) is 5.17. The van der Waals surface area contributed by atoms with Crippen LogP contribution in [0.1, 0.15) is 35.8 Å². The van der Waals surface area contributed by atoms with E-state index in [1.165, 1.54) is 15.7 Å². The number of morpholine rings is 1. The number of hydrogen-bond donors (Lipinski definition) is 1. The molecule has 1 N–H and O–H groups in total. The molecule has 3 heterocycles. The lowest BCUT2D eigenvalue weighted by Crippen LogP contribution is -2.45. The summed E-state index contributed by atoms with van der Waals surface area (Å²) in [7, 11) is 0. The van der Waals surface area contributed by atoms with Crippen LogP contribution in [0.5, 0.6) is 0 Å². The van der Waals surface area contributed by atoms with Crippen LogP contribution in [0.3, 0.4) is 0 Å². The number of nitrogens with zero attached hydrogens (tertiary/aromatic N) is 3. The maximum Gasteiger partial charge on any atom is 0.263 e. The van der Waals surface area contributed by atoms with E-state index < -0.39 is 11.9 Å². The third-order valence-corrected chi connectivity index (χ3v) is 7.65. The van der Waals surface area contributed by atoms with Gasteiger partial charge in [0.2, 0.25) is 11.8 Å². The minimum atomic E-state index is -0.728. The van der Waals surface area contributed by atoms with E-state index >= 15 is 0 Å². The van der Waals surface area contributed by atoms with Gasteiger partial charge in [-0.1, -0.05) is 30.3 Å². The molecule has 1 unspecified atom stereocenters. The zero-order valence-corrected chi connectivity index (χ0v) is 20.5. The lowest BCUT2D eigenvalue weighted by atomic mass is 10.1. The first-order valence-corrected chi connectivity index (χ1v) is 12.8. The van der Waals surface area contributed by atoms with Crippen LogP contribution in [0, 0.1) is 6.92 Å². The van der Waals surface area contributed by atoms with Gasteiger partial charge < -0.3 is 4.74 Å². The number of ether oxygens (including phenoxy) is 1. The van der Waals surface area contributed by atoms with Gasteiger partial charge in [-0.25, -0.2) is 4.98 Å². The number of imide groups is 1. The summed E-state index contributed by atoms with van der Waals surface area (Å²) in [6.07, 6.45) is 0.503. The first-order valence-electron chi connectivity index (χ1n) is 11.9. The molecule has 3 aromatic rings. The number of carbonyl (C=O) groups excluding carboxylic acids is 2. The molecule has 5 rings (SSSR count). The number of rotatable bonds is 6. The SMILES string of the molecule is Cc1nc2cccc(SCc3ccc(CN4CCOCC4)cc3)c2c(=O)n1C1CCC(=O)NC1=O. The molecule has 8 nitrogen and oxygen atoms in total. The predicted octanol–water partition coefficient (Wildman–Crippen LogP) is 2.81. The average Bonchev–Trinajstić information content (AvgIpc) is 2.85. The van der Waals surface area contributed by atoms with Crippen LogP contribution in [0.25, 0.3) is 10.9 Å². The summed E-state index contributed by atoms with van der Waals surface area (Å²) < 4.78 is 6.86. The highest BCUT2D eigenvalue weighted by Gasteiger charge is 2.30. The number of carbonyl (C=O) groups is 2. The van der Waals surface area contributed by atoms with Crippen molar-refractivity contribution in [2.24, 2.45) is 0 Å². The van der Waals surface area contributed by atoms with Gasteiger partial charge in [-0.05, 0) is 36.6 Å². The number of benzene rings is 2. The van der Waals surface area contributed by atoms with E-state index in [2.05, 4.69) is 39.5 Å². The van der Waals surface area contributed by atoms with Gasteiger partial charge in [0.1, 0.15) is 11.9 Å². The summed E-state index contributed by atoms with van der Waals surface area (Å²) in [4.78, 5) is 45.5. The molecule has 2 aliphatic rings. The van der Waals surface area contributed by atoms with E-state index in [1.807, 2.05) is 18.2 Å². The molecule has 2 fully saturated rings. The molecule has 0 spiro atoms. The second kappa shape index (κ2) is 10.3. The number of piperidine rings is 1. The zero-order chi connectivity index (χ0) is 24.4. The summed E-state index contributed by atoms with van der Waals surface area (Å²) in [5.41, 5.74) is 2.81. The van der Waals surface area contributed by atoms with Crippen LogP contribution >= 0.6 is 11.8 Å². The van der Waals surface area contributed by atoms with Crippen LogP contribution in [-0.2, 0) is 26.6 Å². The van der Waals surface area contributed by atoms with Crippen molar-refractivity contribution in [3.63, 3.8) is 0 Å². The number of aromatic nitrogens is 2. The molecule has 0 radical (unpaired) electrons. The van der Waals surface area contributed by atoms with E-state index in [-0.39, 0.29) is 17.9 Å². The van der Waals surface area contributed by atoms with Crippen molar-refractivity contribution in [3.05, 3.63) is 69.8 Å². The Balaban J connectivity index is 1.36. The fourth-order valence-electron chi connectivity index (χ4n) is 4.66. The molecule has 9 heteroatoms. The Morgan fingerprint density at radius 3 is 2.54 bits per heavy atom. The lowest BCUT2D eigenvalue weighted by Gasteiger charge is -2.26. The van der Waals surface area contributed by atoms with Crippen molar-refractivity contribution in [2.45, 2.75) is 43.0 Å². The first kappa shape index (κ1) is 23.7. The maximum atomic E-state index is 13.6. The van der Waals surface area contributed by atoms with Gasteiger partial charge in [0.25, 0.3) is 5.56 Å². The number of aryl methyl sites for hydroxylation is 1. The van der Waals surface area contributed by atoms with Gasteiger partial charge in [0, 0.05) is 36.7 Å². The van der Waals surface area contributed by atoms with Gasteiger partial charge in [-0.15, -0.1) is 11.8 Å². The van der Waals surface area contributed by atoms with Crippen molar-refractivity contribution >= 4 is 34.5 Å². The van der Waals surface area contributed by atoms with Crippen molar-refractivity contribution in [2.75, 3.05) is 26.3 Å². The van der Waals surface area contributed by atoms with Crippen molar-refractivity contribution < 1.29 is 14.3 Å². The van der Waals surface area contributed by atoms with Gasteiger partial charge in [-0.2, -0.15) is 0 Å². The molecule has 2 aliphatic heterocycles. The minimum absolute atomic E-state index is 0.207. The summed E-state index contributed by atoms with van der Waals surface area (Å²) in [6, 6.07) is 13.5. The lowest BCUT2D eigenvalue weighted by molar-refractivity contribution is -0.135. The Hall–Kier alpha value is -3.01. The summed E-state index contributed by atoms with van der Waals surface area (Å²) in [6.45, 7) is 6.15. The predicted molar refractivity (Wildman–Crippen MR) is 134 cm³/mol. The molecule has 2 aromatic carbocycles. The molecule has 2 saturated heterocycles. The molecular weight excluding hydrogens is 464 g/mol. The van der Waals surface area contributed by atoms with Gasteiger partial charge in [0.05, 0.1) is 24.1 Å². The smallest absolute Gasteiger partial charge is 0.263 e. The Bertz CT molecular complexity index is 1320. The second-order valence-electron chi connectivity index (χ2n) is 8.95. The molecule has 1 aromatic heterocycles. The normalized spacial score (nSPS) is 19.2. The molecule has 35 heavy (non-hydrogen) atoms. The Morgan fingerprint density at radius 2 is 1.80 bits per heavy atom. The van der Waals surface area contributed by atoms with Crippen LogP contribution in [0.4, 0.5) is 0 Å². The van der Waals surface area contributed by atoms with E-state index in [1.54, 1.807) is 18.7 Å². The molecule has 1 atom stereocenters. The fraction of sp³-hybridized carbons (Fsp3) is 0.385. The van der Waals surface area contributed by atoms with Crippen molar-refractivity contribution in [1.29, 1.82) is 0 Å². The summed E-state index contributed by atoms with van der Waals surface area (Å²) in [5.74, 6) is 0.422. The molecule has 0 bridgehead atoms. The molecule has 0 saturated carbocycles. The number of nitrogens with one attached hydrogen (secondary N) is 1. The van der Waals surface area contributed by atoms with Crippen molar-refractivity contribution in [3.8, 4) is 0 Å². The van der Waals surface area contributed by atoms with Crippen molar-refractivity contribution in [1.82, 2.24) is 19.8 Å². The molecule has 182 valence electrons. The highest BCUT2D eigenvalue weighted by atomic mass is 32.2. The monoisotopic (exact) mass is 492 g/mol. The minimum Gasteiger partial charge on any atom is -0.379 e. The highest BCUT2D eigenvalue weighted by molar-refractivity contribution is 7.98. The van der Waals surface area contributed by atoms with E-state index in [0.29, 0.717) is 28.9 Å². The summed E-state index contributed by atoms with van der Waals surface area (Å²) >= 11 is 1.59. The fourth-order valence-corrected chi connectivity index (χ4v) is 5.68. The van der Waals surface area contributed by atoms with Gasteiger partial charge in [-0.3, -0.25) is 29.2 Å². The van der Waals surface area contributed by atoms with Crippen LogP contribution in [-0.4, -0.2) is 52.6 Å². The second-order valence-corrected chi connectivity index (χ2v) is 9.96. The summed E-state index contributed by atoms with van der Waals surface area (Å²) in [5, 5.41) is 2.85. The molecular formula is C26H28N4O4S. The van der Waals surface area contributed by atoms with E-state index in [4.69, 9.17) is 4.74 Å². The van der Waals surface area contributed by atoms with Crippen LogP contribution in [0.15, 0.2) is 52.2 Å². The number of hydrogen-bond acceptors (Lipinski definition) is 7. The average molecular weight is 493 g/mol. The maximum absolute atomic E-state index is 13.6. The zero-order valence-electron chi connectivity index (χ0n) is 19.7. The molecule has 2 amide bonds. The van der Waals surface area contributed by atoms with Crippen LogP contribution < -0.4 is 10.9 Å². The van der Waals surface area contributed by atoms with Gasteiger partial charge >= 0.3 is 0 Å². The first-order chi connectivity index (χ1) is 17.0. The standard InChI is InChI=1S/C26H28N4O4S/c1-17-27-20-3-2-4-22(24(20)26(33)30(17)21-9-10-23(31)28-25(21)32)35-16-19-7-5-18(6-8-19)15-29-11-13-34-14-12-29/h2-8,21H,9-16H2,1H3,(H,28,31,32). The Morgan fingerprint density at radius 1 is 1.06 bits per heavy atom. The number of amides is 2. The highest BCUT2D eigenvalue weighted by Crippen LogP contribution is 2.29. The van der Waals surface area contributed by atoms with Crippen LogP contribution in [0.2, 0.25) is 0 Å². The van der Waals surface area contributed by atoms with E-state index in [0.717, 1.165) is 37.7 Å². The largest absolute Gasteiger partial charge is 0.379 e. The topological polar surface area (TPSA) is 93.5 Å². The Labute approximate surface area is 207 Å². The Kier molecular flexibility index (Phi) is 6.99. The van der Waals surface area contributed by atoms with Gasteiger partial charge in [0.15, 0.2) is 0 Å². The van der Waals surface area contributed by atoms with E-state index in [9.17, 15) is 14.4 Å². The third-order valence-electron chi connectivity index (χ3n) is 6.52. The number of fused-ring (bicyclic) bond motifs is 1. The number of thioether (sulfide) groups is 1. The molecule has 0 aliphatic carbocycles. The quantitative estimate of drug-likeness (QED) is 0.418.